The average Bonchev–Trinajstić information content (AvgIpc) is 2.92. The lowest BCUT2D eigenvalue weighted by Crippen LogP contribution is -2.34. The Morgan fingerprint density at radius 1 is 1.35 bits per heavy atom. The van der Waals surface area contributed by atoms with Gasteiger partial charge in [0.25, 0.3) is 0 Å². The van der Waals surface area contributed by atoms with Crippen molar-refractivity contribution in [2.24, 2.45) is 22.7 Å². The molecule has 3 N–H and O–H groups in total. The molecule has 4 heteroatoms. The Balaban J connectivity index is 1.90. The van der Waals surface area contributed by atoms with E-state index in [0.717, 1.165) is 17.7 Å². The minimum atomic E-state index is -0.0507. The van der Waals surface area contributed by atoms with Crippen molar-refractivity contribution in [3.63, 3.8) is 0 Å². The molecule has 1 aliphatic heterocycles. The van der Waals surface area contributed by atoms with Crippen molar-refractivity contribution in [2.45, 2.75) is 18.6 Å². The largest absolute Gasteiger partial charge is 0.396 e. The zero-order valence-corrected chi connectivity index (χ0v) is 9.49. The number of aliphatic hydroxyl groups excluding tert-OH is 1. The topological polar surface area (TPSA) is 67.8 Å². The maximum atomic E-state index is 9.30. The maximum absolute atomic E-state index is 9.30. The number of hydrogen-bond donors (Lipinski definition) is 2. The molecule has 1 aromatic carbocycles. The molecule has 0 spiro atoms. The van der Waals surface area contributed by atoms with Gasteiger partial charge in [-0.2, -0.15) is 0 Å². The van der Waals surface area contributed by atoms with Crippen LogP contribution in [0, 0.1) is 11.8 Å². The molecule has 1 fully saturated rings. The second-order valence-corrected chi connectivity index (χ2v) is 4.78. The molecule has 0 radical (unpaired) electrons. The fourth-order valence-electron chi connectivity index (χ4n) is 2.89. The third-order valence-electron chi connectivity index (χ3n) is 3.75. The molecule has 1 heterocycles. The summed E-state index contributed by atoms with van der Waals surface area (Å²) in [6.45, 7) is 0.118. The highest BCUT2D eigenvalue weighted by molar-refractivity contribution is 6.03. The molecule has 0 bridgehead atoms. The van der Waals surface area contributed by atoms with Crippen LogP contribution in [0.2, 0.25) is 0 Å². The number of aliphatic hydroxyl groups is 1. The fourth-order valence-corrected chi connectivity index (χ4v) is 2.89. The molecule has 1 aliphatic carbocycles. The molecule has 2 aliphatic rings. The molecule has 1 saturated carbocycles. The molecule has 4 nitrogen and oxygen atoms in total. The van der Waals surface area contributed by atoms with Gasteiger partial charge in [-0.3, -0.25) is 0 Å². The number of nitrogens with zero attached hydrogens (tertiary/aromatic N) is 1. The maximum Gasteiger partial charge on any atom is 0.142 e. The van der Waals surface area contributed by atoms with E-state index in [1.54, 1.807) is 0 Å². The van der Waals surface area contributed by atoms with Crippen LogP contribution in [0.15, 0.2) is 35.5 Å². The Bertz CT molecular complexity index is 432. The molecule has 1 aromatic rings. The first-order valence-corrected chi connectivity index (χ1v) is 5.97. The predicted molar refractivity (Wildman–Crippen MR) is 64.5 cm³/mol. The lowest BCUT2D eigenvalue weighted by Gasteiger charge is -2.15. The molecule has 90 valence electrons. The second kappa shape index (κ2) is 4.13. The number of nitrogens with two attached hydrogens (primary N) is 1. The van der Waals surface area contributed by atoms with Gasteiger partial charge >= 0.3 is 0 Å². The summed E-state index contributed by atoms with van der Waals surface area (Å²) in [5.74, 6) is 0.231. The summed E-state index contributed by atoms with van der Waals surface area (Å²) in [5, 5.41) is 13.5. The molecule has 0 aromatic heterocycles. The Labute approximate surface area is 100 Å². The van der Waals surface area contributed by atoms with Crippen LogP contribution in [0.1, 0.15) is 12.0 Å². The van der Waals surface area contributed by atoms with Crippen molar-refractivity contribution in [3.05, 3.63) is 35.9 Å². The Kier molecular flexibility index (Phi) is 2.61. The van der Waals surface area contributed by atoms with Crippen LogP contribution in [0.3, 0.4) is 0 Å². The minimum Gasteiger partial charge on any atom is -0.396 e. The van der Waals surface area contributed by atoms with Crippen molar-refractivity contribution in [1.29, 1.82) is 0 Å². The molecule has 17 heavy (non-hydrogen) atoms. The highest BCUT2D eigenvalue weighted by Gasteiger charge is 2.49. The van der Waals surface area contributed by atoms with Gasteiger partial charge in [0.2, 0.25) is 0 Å². The van der Waals surface area contributed by atoms with Gasteiger partial charge in [0.05, 0.1) is 11.6 Å². The Hall–Kier alpha value is -1.39. The van der Waals surface area contributed by atoms with Crippen LogP contribution >= 0.6 is 0 Å². The SMILES string of the molecule is N[C@@H]1C[C@H](CO)C2ON=C(c3ccccc3)C21. The first kappa shape index (κ1) is 10.7. The highest BCUT2D eigenvalue weighted by atomic mass is 16.6. The van der Waals surface area contributed by atoms with Crippen LogP contribution in [-0.4, -0.2) is 29.6 Å². The predicted octanol–water partition coefficient (Wildman–Crippen LogP) is 0.745. The van der Waals surface area contributed by atoms with Gasteiger partial charge in [0.1, 0.15) is 6.10 Å². The van der Waals surface area contributed by atoms with Crippen molar-refractivity contribution >= 4 is 5.71 Å². The summed E-state index contributed by atoms with van der Waals surface area (Å²) < 4.78 is 0. The zero-order chi connectivity index (χ0) is 11.8. The summed E-state index contributed by atoms with van der Waals surface area (Å²) >= 11 is 0. The van der Waals surface area contributed by atoms with Gasteiger partial charge in [-0.05, 0) is 12.0 Å². The van der Waals surface area contributed by atoms with E-state index in [0.29, 0.717) is 0 Å². The number of hydrogen-bond acceptors (Lipinski definition) is 4. The van der Waals surface area contributed by atoms with E-state index in [9.17, 15) is 5.11 Å². The molecule has 0 amide bonds. The van der Waals surface area contributed by atoms with Crippen molar-refractivity contribution in [3.8, 4) is 0 Å². The molecular weight excluding hydrogens is 216 g/mol. The number of benzene rings is 1. The van der Waals surface area contributed by atoms with Gasteiger partial charge in [-0.25, -0.2) is 0 Å². The van der Waals surface area contributed by atoms with Gasteiger partial charge < -0.3 is 15.7 Å². The van der Waals surface area contributed by atoms with Crippen molar-refractivity contribution in [1.82, 2.24) is 0 Å². The van der Waals surface area contributed by atoms with E-state index in [1.165, 1.54) is 0 Å². The zero-order valence-electron chi connectivity index (χ0n) is 9.49. The molecule has 3 rings (SSSR count). The van der Waals surface area contributed by atoms with E-state index in [4.69, 9.17) is 10.6 Å². The minimum absolute atomic E-state index is 0.0265. The van der Waals surface area contributed by atoms with Crippen molar-refractivity contribution < 1.29 is 9.94 Å². The number of fused-ring (bicyclic) bond motifs is 1. The van der Waals surface area contributed by atoms with E-state index in [1.807, 2.05) is 30.3 Å². The lowest BCUT2D eigenvalue weighted by atomic mass is 9.91. The first-order chi connectivity index (χ1) is 8.31. The average molecular weight is 232 g/mol. The molecule has 4 atom stereocenters. The van der Waals surface area contributed by atoms with Gasteiger partial charge in [0, 0.05) is 18.6 Å². The van der Waals surface area contributed by atoms with Crippen LogP contribution in [0.4, 0.5) is 0 Å². The van der Waals surface area contributed by atoms with E-state index in [-0.39, 0.29) is 30.6 Å². The van der Waals surface area contributed by atoms with Crippen LogP contribution in [-0.2, 0) is 4.84 Å². The number of oxime groups is 1. The fraction of sp³-hybridized carbons (Fsp3) is 0.462. The summed E-state index contributed by atoms with van der Waals surface area (Å²) in [7, 11) is 0. The summed E-state index contributed by atoms with van der Waals surface area (Å²) in [4.78, 5) is 5.47. The monoisotopic (exact) mass is 232 g/mol. The van der Waals surface area contributed by atoms with Gasteiger partial charge in [-0.15, -0.1) is 0 Å². The lowest BCUT2D eigenvalue weighted by molar-refractivity contribution is 0.0210. The van der Waals surface area contributed by atoms with E-state index >= 15 is 0 Å². The molecule has 0 saturated heterocycles. The summed E-state index contributed by atoms with van der Waals surface area (Å²) in [5.41, 5.74) is 8.14. The number of rotatable bonds is 2. The Morgan fingerprint density at radius 2 is 2.12 bits per heavy atom. The second-order valence-electron chi connectivity index (χ2n) is 4.78. The smallest absolute Gasteiger partial charge is 0.142 e. The third-order valence-corrected chi connectivity index (χ3v) is 3.75. The summed E-state index contributed by atoms with van der Waals surface area (Å²) in [6, 6.07) is 10.00. The first-order valence-electron chi connectivity index (χ1n) is 5.97. The van der Waals surface area contributed by atoms with E-state index in [2.05, 4.69) is 5.16 Å². The molecule has 2 unspecified atom stereocenters. The van der Waals surface area contributed by atoms with Gasteiger partial charge in [0.15, 0.2) is 0 Å². The quantitative estimate of drug-likeness (QED) is 0.790. The summed E-state index contributed by atoms with van der Waals surface area (Å²) in [6.07, 6.45) is 0.753. The third kappa shape index (κ3) is 1.64. The highest BCUT2D eigenvalue weighted by Crippen LogP contribution is 2.39. The molecular formula is C13H16N2O2. The van der Waals surface area contributed by atoms with Crippen LogP contribution in [0.5, 0.6) is 0 Å². The Morgan fingerprint density at radius 3 is 2.82 bits per heavy atom. The van der Waals surface area contributed by atoms with Gasteiger partial charge in [-0.1, -0.05) is 35.5 Å². The van der Waals surface area contributed by atoms with E-state index < -0.39 is 0 Å². The van der Waals surface area contributed by atoms with Crippen LogP contribution < -0.4 is 5.73 Å². The standard InChI is InChI=1S/C13H16N2O2/c14-10-6-9(7-16)13-11(10)12(15-17-13)8-4-2-1-3-5-8/h1-5,9-11,13,16H,6-7,14H2/t9-,10-,11?,13?/m1/s1. The van der Waals surface area contributed by atoms with Crippen LogP contribution in [0.25, 0.3) is 0 Å². The van der Waals surface area contributed by atoms with Crippen molar-refractivity contribution in [2.75, 3.05) is 6.61 Å². The normalized spacial score (nSPS) is 35.3.